The summed E-state index contributed by atoms with van der Waals surface area (Å²) in [6.07, 6.45) is 0.593. The van der Waals surface area contributed by atoms with E-state index in [0.29, 0.717) is 13.0 Å². The Labute approximate surface area is 464 Å². The van der Waals surface area contributed by atoms with Gasteiger partial charge in [-0.2, -0.15) is 6.42 Å². The van der Waals surface area contributed by atoms with E-state index in [1.165, 1.54) is 0 Å². The summed E-state index contributed by atoms with van der Waals surface area (Å²) < 4.78 is 0. The van der Waals surface area contributed by atoms with E-state index in [9.17, 15) is 9.59 Å². The summed E-state index contributed by atoms with van der Waals surface area (Å²) in [5.74, 6) is 0.112. The van der Waals surface area contributed by atoms with E-state index < -0.39 is 0 Å². The molecule has 0 fully saturated rings. The van der Waals surface area contributed by atoms with Crippen molar-refractivity contribution in [2.24, 2.45) is 5.92 Å². The summed E-state index contributed by atoms with van der Waals surface area (Å²) in [4.78, 5) is 24.6. The van der Waals surface area contributed by atoms with Crippen molar-refractivity contribution in [2.45, 2.75) is 26.3 Å². The minimum Gasteiger partial charge on any atom is -0.463 e. The van der Waals surface area contributed by atoms with Gasteiger partial charge >= 0.3 is 0 Å². The first-order valence-corrected chi connectivity index (χ1v) is 5.81. The molecule has 0 aromatic heterocycles. The van der Waals surface area contributed by atoms with Gasteiger partial charge in [0.25, 0.3) is 0 Å². The van der Waals surface area contributed by atoms with Gasteiger partial charge in [-0.3, -0.25) is 18.9 Å². The second kappa shape index (κ2) is 111. The van der Waals surface area contributed by atoms with Gasteiger partial charge in [0.2, 0.25) is 0 Å². The second-order valence-electron chi connectivity index (χ2n) is 4.52. The van der Waals surface area contributed by atoms with Crippen molar-refractivity contribution >= 4 is 11.6 Å². The van der Waals surface area contributed by atoms with Crippen LogP contribution in [-0.2, 0) is 328 Å². The fourth-order valence-electron chi connectivity index (χ4n) is 1.24. The van der Waals surface area contributed by atoms with Crippen LogP contribution in [-0.4, -0.2) is 48.0 Å². The Morgan fingerprint density at radius 3 is 0.842 bits per heavy atom. The summed E-state index contributed by atoms with van der Waals surface area (Å²) in [6, 6.07) is -0.106. The van der Waals surface area contributed by atoms with Gasteiger partial charge in [-0.15, -0.1) is 0 Å². The van der Waals surface area contributed by atoms with Crippen molar-refractivity contribution in [1.82, 2.24) is 9.80 Å². The second-order valence-corrected chi connectivity index (χ2v) is 4.52. The maximum atomic E-state index is 10.7. The number of rotatable bonds is 6. The molecule has 234 valence electrons. The first-order chi connectivity index (χ1) is 8.13. The Balaban J connectivity index is -0.00000000441. The summed E-state index contributed by atoms with van der Waals surface area (Å²) in [5.41, 5.74) is 0. The molecule has 38 heavy (non-hydrogen) atoms. The monoisotopic (exact) mass is 2730 g/mol. The van der Waals surface area contributed by atoms with E-state index >= 15 is 0 Å². The van der Waals surface area contributed by atoms with Crippen LogP contribution < -0.4 is 0 Å². The zero-order chi connectivity index (χ0) is 14.9. The number of nitrogens with zero attached hydrogens (tertiary/aromatic N) is 2. The van der Waals surface area contributed by atoms with Crippen molar-refractivity contribution in [1.29, 1.82) is 0 Å². The molecule has 0 bridgehead atoms. The predicted molar refractivity (Wildman–Crippen MR) is 114 cm³/mol. The van der Waals surface area contributed by atoms with Gasteiger partial charge < -0.3 is 73.0 Å². The molecule has 0 unspecified atom stereocenters. The topological polar surface area (TPSA) is 40.6 Å². The number of hydrogen-bond donors (Lipinski definition) is 0. The van der Waals surface area contributed by atoms with E-state index in [2.05, 4.69) is 27.9 Å². The Hall–Kier alpha value is 9.73. The van der Waals surface area contributed by atoms with E-state index in [4.69, 9.17) is 0 Å². The van der Waals surface area contributed by atoms with Crippen molar-refractivity contribution < 1.29 is 328 Å². The predicted octanol–water partition coefficient (Wildman–Crippen LogP) is 4.31. The molecule has 0 spiro atoms. The Morgan fingerprint density at radius 2 is 0.816 bits per heavy atom. The SMILES string of the molecule is [CH2-]C[C@H](C(C)=O)N([CH2-])C.[CH2-][C@@H](CN([CH2-])C)C(C)=O.[CH3-].[CH3-].[CH3-].[CH3-].[CH3-].[CH3-].[W].[W].[W].[W].[W].[W].[W].[W].[W].[W].[W].[W].[Y].[Y]. The van der Waals surface area contributed by atoms with Gasteiger partial charge in [0.05, 0.1) is 0 Å². The van der Waals surface area contributed by atoms with E-state index in [-0.39, 0.29) is 386 Å². The Kier molecular flexibility index (Phi) is 458. The number of hydrogen-bond acceptors (Lipinski definition) is 4. The minimum absolute atomic E-state index is 0. The van der Waals surface area contributed by atoms with Crippen LogP contribution in [0, 0.1) is 78.4 Å². The first kappa shape index (κ1) is 157. The van der Waals surface area contributed by atoms with Crippen LogP contribution in [0.25, 0.3) is 0 Å². The molecule has 0 N–H and O–H groups in total. The fourth-order valence-corrected chi connectivity index (χ4v) is 1.24. The normalized spacial score (nSPS) is 6.58. The van der Waals surface area contributed by atoms with E-state index in [1.807, 2.05) is 7.05 Å². The maximum absolute atomic E-state index is 10.7. The van der Waals surface area contributed by atoms with Crippen molar-refractivity contribution in [3.63, 3.8) is 0 Å². The van der Waals surface area contributed by atoms with E-state index in [1.54, 1.807) is 30.7 Å². The third-order valence-electron chi connectivity index (χ3n) is 2.38. The fraction of sp³-hybridized carbons (Fsp3) is 0.400. The van der Waals surface area contributed by atoms with Crippen LogP contribution in [0.15, 0.2) is 0 Å². The summed E-state index contributed by atoms with van der Waals surface area (Å²) in [5, 5.41) is 0. The Bertz CT molecular complexity index is 296. The van der Waals surface area contributed by atoms with Crippen molar-refractivity contribution in [2.75, 3.05) is 20.6 Å². The molecule has 18 heteroatoms. The largest absolute Gasteiger partial charge is 0.463 e. The maximum Gasteiger partial charge on any atom is 0.141 e. The molecule has 4 nitrogen and oxygen atoms in total. The molecule has 2 radical (unpaired) electrons. The van der Waals surface area contributed by atoms with Gasteiger partial charge in [-0.05, 0) is 34.5 Å². The van der Waals surface area contributed by atoms with Gasteiger partial charge in [0, 0.05) is 324 Å². The van der Waals surface area contributed by atoms with Crippen LogP contribution in [0.2, 0.25) is 0 Å². The number of carbonyl (C=O) groups excluding carboxylic acids is 2. The Morgan fingerprint density at radius 1 is 0.605 bits per heavy atom. The summed E-state index contributed by atoms with van der Waals surface area (Å²) in [6.45, 7) is 11.0. The minimum atomic E-state index is -0.132. The number of carbonyl (C=O) groups is 2. The van der Waals surface area contributed by atoms with Crippen LogP contribution >= 0.6 is 0 Å². The molecular weight excluding hydrogens is 2680 g/mol. The molecule has 0 aromatic carbocycles. The third-order valence-corrected chi connectivity index (χ3v) is 2.38. The van der Waals surface area contributed by atoms with Crippen molar-refractivity contribution in [3.05, 3.63) is 72.5 Å². The molecule has 0 aliphatic heterocycles. The summed E-state index contributed by atoms with van der Waals surface area (Å²) >= 11 is 0. The number of ketones is 2. The standard InChI is InChI=1S/2C7H13NO.6CH3.12W.2Y/c1-6(7(2)9)5-8(3)4;1-5-7(6(2)9)8(3)4;;;;;;;;;;;;;;;;;;;;/h6H,1,3,5H2,2,4H3;7H,1,3,5H2,2,4H3;6*1H3;;;;;;;;;;;;;;/q2*-2;6*-1;;;;;;;;;;;;;;/t6-;7-;;;;;;;;;;;;;;;;;;;;/m01..................../s1. The molecule has 0 saturated carbocycles. The molecule has 0 saturated heterocycles. The molecule has 0 heterocycles. The smallest absolute Gasteiger partial charge is 0.141 e. The molecule has 0 aliphatic rings. The molecule has 0 amide bonds. The van der Waals surface area contributed by atoms with Gasteiger partial charge in [-0.1, -0.05) is 5.92 Å². The zero-order valence-corrected chi connectivity index (χ0v) is 65.0. The van der Waals surface area contributed by atoms with E-state index in [0.717, 1.165) is 0 Å². The molecule has 0 rings (SSSR count). The average molecular weight is 2730 g/mol. The molecular formula is C20H44N2O2W12Y2-10. The number of likely N-dealkylation sites (N-methyl/N-ethyl adjacent to an activating group) is 1. The van der Waals surface area contributed by atoms with Crippen LogP contribution in [0.1, 0.15) is 20.3 Å². The van der Waals surface area contributed by atoms with Crippen molar-refractivity contribution in [3.8, 4) is 0 Å². The zero-order valence-electron chi connectivity index (χ0n) is 24.2. The third kappa shape index (κ3) is 119. The van der Waals surface area contributed by atoms with Gasteiger partial charge in [0.1, 0.15) is 11.6 Å². The molecule has 0 aliphatic carbocycles. The van der Waals surface area contributed by atoms with Crippen LogP contribution in [0.4, 0.5) is 0 Å². The van der Waals surface area contributed by atoms with Gasteiger partial charge in [0.15, 0.2) is 0 Å². The van der Waals surface area contributed by atoms with Crippen LogP contribution in [0.3, 0.4) is 0 Å². The number of Topliss-reactive ketones (excluding diaryl/α,β-unsaturated/α-hetero) is 2. The van der Waals surface area contributed by atoms with Crippen LogP contribution in [0.5, 0.6) is 0 Å². The molecule has 2 atom stereocenters. The quantitative estimate of drug-likeness (QED) is 0.373. The summed E-state index contributed by atoms with van der Waals surface area (Å²) in [7, 11) is 10.8. The van der Waals surface area contributed by atoms with Gasteiger partial charge in [-0.25, -0.2) is 0 Å². The first-order valence-electron chi connectivity index (χ1n) is 5.81. The molecule has 0 aromatic rings. The average Bonchev–Trinajstić information content (AvgIpc) is 2.16.